The van der Waals surface area contributed by atoms with Crippen LogP contribution in [0.25, 0.3) is 6.08 Å². The topological polar surface area (TPSA) is 34.1 Å². The molecule has 1 aromatic carbocycles. The number of ketones is 2. The Bertz CT molecular complexity index is 493. The van der Waals surface area contributed by atoms with E-state index in [-0.39, 0.29) is 11.6 Å². The molecule has 0 radical (unpaired) electrons. The smallest absolute Gasteiger partial charge is 0.159 e. The normalized spacial score (nSPS) is 11.8. The average molecular weight is 228 g/mol. The quantitative estimate of drug-likeness (QED) is 0.449. The number of carbonyl (C=O) groups is 2. The molecule has 0 fully saturated rings. The van der Waals surface area contributed by atoms with E-state index < -0.39 is 0 Å². The molecule has 0 aliphatic rings. The summed E-state index contributed by atoms with van der Waals surface area (Å²) in [5, 5.41) is 0. The van der Waals surface area contributed by atoms with Gasteiger partial charge >= 0.3 is 0 Å². The number of hydrogen-bond donors (Lipinski definition) is 0. The third-order valence-corrected chi connectivity index (χ3v) is 2.47. The summed E-state index contributed by atoms with van der Waals surface area (Å²) in [5.41, 5.74) is 2.26. The molecule has 17 heavy (non-hydrogen) atoms. The number of Topliss-reactive ketones (excluding diaryl/α,β-unsaturated/α-hetero) is 2. The molecule has 1 aromatic rings. The van der Waals surface area contributed by atoms with E-state index in [2.05, 4.69) is 0 Å². The highest BCUT2D eigenvalue weighted by Crippen LogP contribution is 2.10. The summed E-state index contributed by atoms with van der Waals surface area (Å²) < 4.78 is 0. The minimum atomic E-state index is 0.0338. The highest BCUT2D eigenvalue weighted by molar-refractivity contribution is 5.97. The average Bonchev–Trinajstić information content (AvgIpc) is 2.29. The molecular formula is C15H16O2. The predicted molar refractivity (Wildman–Crippen MR) is 69.9 cm³/mol. The van der Waals surface area contributed by atoms with Crippen LogP contribution < -0.4 is 0 Å². The SMILES string of the molecule is C/C=C(\C=C/c1cccc(C(C)=O)c1)C(C)=O. The first kappa shape index (κ1) is 13.1. The first-order chi connectivity index (χ1) is 8.04. The molecule has 88 valence electrons. The van der Waals surface area contributed by atoms with Crippen LogP contribution in [0.5, 0.6) is 0 Å². The van der Waals surface area contributed by atoms with Gasteiger partial charge in [0.1, 0.15) is 0 Å². The fraction of sp³-hybridized carbons (Fsp3) is 0.200. The summed E-state index contributed by atoms with van der Waals surface area (Å²) in [5.74, 6) is 0.0737. The second-order valence-corrected chi connectivity index (χ2v) is 3.82. The number of benzene rings is 1. The molecule has 0 amide bonds. The summed E-state index contributed by atoms with van der Waals surface area (Å²) in [6.45, 7) is 4.90. The lowest BCUT2D eigenvalue weighted by molar-refractivity contribution is -0.113. The zero-order valence-corrected chi connectivity index (χ0v) is 10.4. The lowest BCUT2D eigenvalue weighted by Crippen LogP contribution is -1.93. The van der Waals surface area contributed by atoms with Crippen molar-refractivity contribution < 1.29 is 9.59 Å². The lowest BCUT2D eigenvalue weighted by atomic mass is 10.1. The summed E-state index contributed by atoms with van der Waals surface area (Å²) in [6.07, 6.45) is 5.37. The van der Waals surface area contributed by atoms with Gasteiger partial charge in [0.15, 0.2) is 11.6 Å². The maximum Gasteiger partial charge on any atom is 0.159 e. The predicted octanol–water partition coefficient (Wildman–Crippen LogP) is 3.44. The molecule has 0 heterocycles. The van der Waals surface area contributed by atoms with Crippen molar-refractivity contribution in [3.8, 4) is 0 Å². The molecular weight excluding hydrogens is 212 g/mol. The van der Waals surface area contributed by atoms with Crippen LogP contribution in [0.2, 0.25) is 0 Å². The van der Waals surface area contributed by atoms with Crippen LogP contribution in [0.15, 0.2) is 42.0 Å². The maximum absolute atomic E-state index is 11.2. The van der Waals surface area contributed by atoms with E-state index in [4.69, 9.17) is 0 Å². The summed E-state index contributed by atoms with van der Waals surface area (Å²) in [6, 6.07) is 7.32. The number of allylic oxidation sites excluding steroid dienone is 3. The van der Waals surface area contributed by atoms with Crippen molar-refractivity contribution in [3.63, 3.8) is 0 Å². The fourth-order valence-electron chi connectivity index (χ4n) is 1.46. The highest BCUT2D eigenvalue weighted by atomic mass is 16.1. The van der Waals surface area contributed by atoms with Crippen molar-refractivity contribution in [2.75, 3.05) is 0 Å². The Labute approximate surface area is 102 Å². The Hall–Kier alpha value is -1.96. The van der Waals surface area contributed by atoms with Gasteiger partial charge in [-0.15, -0.1) is 0 Å². The van der Waals surface area contributed by atoms with Crippen molar-refractivity contribution in [3.05, 3.63) is 53.1 Å². The molecule has 0 atom stereocenters. The van der Waals surface area contributed by atoms with Crippen molar-refractivity contribution >= 4 is 17.6 Å². The van der Waals surface area contributed by atoms with Gasteiger partial charge in [-0.25, -0.2) is 0 Å². The van der Waals surface area contributed by atoms with Gasteiger partial charge in [0.05, 0.1) is 0 Å². The van der Waals surface area contributed by atoms with Crippen molar-refractivity contribution in [1.82, 2.24) is 0 Å². The van der Waals surface area contributed by atoms with Crippen LogP contribution in [0.3, 0.4) is 0 Å². The van der Waals surface area contributed by atoms with E-state index in [0.717, 1.165) is 5.56 Å². The molecule has 0 bridgehead atoms. The lowest BCUT2D eigenvalue weighted by Gasteiger charge is -1.98. The van der Waals surface area contributed by atoms with Gasteiger partial charge in [0.2, 0.25) is 0 Å². The van der Waals surface area contributed by atoms with E-state index in [1.165, 1.54) is 13.8 Å². The molecule has 0 saturated carbocycles. The Morgan fingerprint density at radius 1 is 1.18 bits per heavy atom. The minimum absolute atomic E-state index is 0.0338. The van der Waals surface area contributed by atoms with E-state index >= 15 is 0 Å². The van der Waals surface area contributed by atoms with Crippen molar-refractivity contribution in [1.29, 1.82) is 0 Å². The van der Waals surface area contributed by atoms with Gasteiger partial charge in [-0.05, 0) is 32.4 Å². The van der Waals surface area contributed by atoms with Crippen LogP contribution in [-0.2, 0) is 4.79 Å². The van der Waals surface area contributed by atoms with Gasteiger partial charge in [-0.2, -0.15) is 0 Å². The summed E-state index contributed by atoms with van der Waals surface area (Å²) in [7, 11) is 0. The minimum Gasteiger partial charge on any atom is -0.295 e. The van der Waals surface area contributed by atoms with Crippen LogP contribution in [0, 0.1) is 0 Å². The van der Waals surface area contributed by atoms with Crippen molar-refractivity contribution in [2.24, 2.45) is 0 Å². The Kier molecular flexibility index (Phi) is 4.58. The van der Waals surface area contributed by atoms with Crippen LogP contribution in [0.4, 0.5) is 0 Å². The molecule has 1 rings (SSSR count). The van der Waals surface area contributed by atoms with Gasteiger partial charge in [0.25, 0.3) is 0 Å². The van der Waals surface area contributed by atoms with Gasteiger partial charge < -0.3 is 0 Å². The number of hydrogen-bond acceptors (Lipinski definition) is 2. The number of rotatable bonds is 4. The van der Waals surface area contributed by atoms with Gasteiger partial charge in [-0.3, -0.25) is 9.59 Å². The van der Waals surface area contributed by atoms with E-state index in [1.54, 1.807) is 18.2 Å². The number of carbonyl (C=O) groups excluding carboxylic acids is 2. The summed E-state index contributed by atoms with van der Waals surface area (Å²) in [4.78, 5) is 22.4. The fourth-order valence-corrected chi connectivity index (χ4v) is 1.46. The third-order valence-electron chi connectivity index (χ3n) is 2.47. The van der Waals surface area contributed by atoms with E-state index in [1.807, 2.05) is 31.2 Å². The first-order valence-electron chi connectivity index (χ1n) is 5.51. The molecule has 0 saturated heterocycles. The second-order valence-electron chi connectivity index (χ2n) is 3.82. The highest BCUT2D eigenvalue weighted by Gasteiger charge is 1.99. The zero-order chi connectivity index (χ0) is 12.8. The molecule has 0 aliphatic heterocycles. The van der Waals surface area contributed by atoms with Crippen LogP contribution in [0.1, 0.15) is 36.7 Å². The Balaban J connectivity index is 2.96. The summed E-state index contributed by atoms with van der Waals surface area (Å²) >= 11 is 0. The third kappa shape index (κ3) is 3.83. The van der Waals surface area contributed by atoms with Crippen molar-refractivity contribution in [2.45, 2.75) is 20.8 Å². The van der Waals surface area contributed by atoms with Gasteiger partial charge in [-0.1, -0.05) is 36.4 Å². The largest absolute Gasteiger partial charge is 0.295 e. The monoisotopic (exact) mass is 228 g/mol. The molecule has 0 spiro atoms. The second kappa shape index (κ2) is 5.94. The molecule has 0 aromatic heterocycles. The molecule has 0 aliphatic carbocycles. The maximum atomic E-state index is 11.2. The molecule has 2 heteroatoms. The standard InChI is InChI=1S/C15H16O2/c1-4-14(11(2)16)9-8-13-6-5-7-15(10-13)12(3)17/h4-10H,1-3H3/b9-8-,14-4+. The zero-order valence-electron chi connectivity index (χ0n) is 10.4. The first-order valence-corrected chi connectivity index (χ1v) is 5.51. The van der Waals surface area contributed by atoms with E-state index in [9.17, 15) is 9.59 Å². The van der Waals surface area contributed by atoms with Crippen LogP contribution in [-0.4, -0.2) is 11.6 Å². The molecule has 0 N–H and O–H groups in total. The van der Waals surface area contributed by atoms with Gasteiger partial charge in [0, 0.05) is 11.1 Å². The van der Waals surface area contributed by atoms with Crippen LogP contribution >= 0.6 is 0 Å². The van der Waals surface area contributed by atoms with E-state index in [0.29, 0.717) is 11.1 Å². The molecule has 2 nitrogen and oxygen atoms in total. The Morgan fingerprint density at radius 2 is 1.88 bits per heavy atom. The Morgan fingerprint density at radius 3 is 2.41 bits per heavy atom. The molecule has 0 unspecified atom stereocenters.